The summed E-state index contributed by atoms with van der Waals surface area (Å²) in [6.45, 7) is 2.88. The first-order chi connectivity index (χ1) is 13.3. The number of hydrogen-bond acceptors (Lipinski definition) is 4. The number of para-hydroxylation sites is 2. The highest BCUT2D eigenvalue weighted by Crippen LogP contribution is 2.44. The van der Waals surface area contributed by atoms with E-state index in [1.54, 1.807) is 11.3 Å². The first kappa shape index (κ1) is 16.5. The first-order valence-corrected chi connectivity index (χ1v) is 10.2. The zero-order chi connectivity index (χ0) is 18.4. The molecule has 6 heteroatoms. The van der Waals surface area contributed by atoms with Crippen molar-refractivity contribution in [2.24, 2.45) is 0 Å². The number of thiophene rings is 1. The average Bonchev–Trinajstić information content (AvgIpc) is 3.34. The number of rotatable bonds is 3. The van der Waals surface area contributed by atoms with Crippen LogP contribution in [0.4, 0.5) is 0 Å². The molecule has 5 rings (SSSR count). The molecule has 134 valence electrons. The fourth-order valence-corrected chi connectivity index (χ4v) is 4.68. The predicted octanol–water partition coefficient (Wildman–Crippen LogP) is 5.91. The molecule has 2 aromatic heterocycles. The Morgan fingerprint density at radius 2 is 1.67 bits per heavy atom. The number of benzene rings is 2. The summed E-state index contributed by atoms with van der Waals surface area (Å²) in [7, 11) is 0. The maximum Gasteiger partial charge on any atom is 0.199 e. The van der Waals surface area contributed by atoms with Crippen molar-refractivity contribution in [3.8, 4) is 22.2 Å². The molecule has 27 heavy (non-hydrogen) atoms. The second-order valence-corrected chi connectivity index (χ2v) is 7.67. The minimum Gasteiger partial charge on any atom is -0.457 e. The molecule has 1 aliphatic rings. The molecule has 0 saturated carbocycles. The summed E-state index contributed by atoms with van der Waals surface area (Å²) in [4.78, 5) is 1.12. The third kappa shape index (κ3) is 2.56. The van der Waals surface area contributed by atoms with Crippen molar-refractivity contribution in [1.29, 1.82) is 0 Å². The molecule has 0 amide bonds. The van der Waals surface area contributed by atoms with Gasteiger partial charge in [0.1, 0.15) is 17.5 Å². The summed E-state index contributed by atoms with van der Waals surface area (Å²) in [5.74, 6) is 2.62. The SMILES string of the molecule is CCn1c(-c2cccs2)nn(C2c3ccccc3Oc3ccccc32)c1=S. The van der Waals surface area contributed by atoms with Crippen molar-refractivity contribution in [3.05, 3.63) is 81.9 Å². The number of aromatic nitrogens is 3. The van der Waals surface area contributed by atoms with E-state index >= 15 is 0 Å². The Balaban J connectivity index is 1.78. The molecular formula is C21H17N3OS2. The highest BCUT2D eigenvalue weighted by atomic mass is 32.1. The van der Waals surface area contributed by atoms with Crippen molar-refractivity contribution in [3.63, 3.8) is 0 Å². The molecule has 2 aromatic carbocycles. The Morgan fingerprint density at radius 1 is 1.00 bits per heavy atom. The Bertz CT molecular complexity index is 1130. The molecule has 0 unspecified atom stereocenters. The van der Waals surface area contributed by atoms with E-state index < -0.39 is 0 Å². The molecule has 4 aromatic rings. The average molecular weight is 392 g/mol. The van der Waals surface area contributed by atoms with E-state index in [1.165, 1.54) is 0 Å². The van der Waals surface area contributed by atoms with Crippen LogP contribution < -0.4 is 4.74 Å². The van der Waals surface area contributed by atoms with Crippen molar-refractivity contribution in [1.82, 2.24) is 14.3 Å². The van der Waals surface area contributed by atoms with E-state index in [-0.39, 0.29) is 6.04 Å². The van der Waals surface area contributed by atoms with Gasteiger partial charge in [0.05, 0.1) is 4.88 Å². The minimum atomic E-state index is -0.106. The summed E-state index contributed by atoms with van der Waals surface area (Å²) < 4.78 is 10.9. The smallest absolute Gasteiger partial charge is 0.199 e. The molecule has 0 aliphatic carbocycles. The summed E-state index contributed by atoms with van der Waals surface area (Å²) in [6, 6.07) is 20.2. The lowest BCUT2D eigenvalue weighted by atomic mass is 9.95. The van der Waals surface area contributed by atoms with Gasteiger partial charge in [0.2, 0.25) is 0 Å². The molecular weight excluding hydrogens is 374 g/mol. The molecule has 1 aliphatic heterocycles. The molecule has 0 fully saturated rings. The van der Waals surface area contributed by atoms with E-state index in [0.717, 1.165) is 44.6 Å². The lowest BCUT2D eigenvalue weighted by Gasteiger charge is -2.28. The molecule has 0 N–H and O–H groups in total. The molecule has 3 heterocycles. The topological polar surface area (TPSA) is 32.0 Å². The molecule has 4 nitrogen and oxygen atoms in total. The van der Waals surface area contributed by atoms with Crippen LogP contribution in [0.2, 0.25) is 0 Å². The monoisotopic (exact) mass is 391 g/mol. The minimum absolute atomic E-state index is 0.106. The zero-order valence-electron chi connectivity index (χ0n) is 14.7. The maximum absolute atomic E-state index is 6.12. The van der Waals surface area contributed by atoms with E-state index in [4.69, 9.17) is 22.1 Å². The number of nitrogens with zero attached hydrogens (tertiary/aromatic N) is 3. The Hall–Kier alpha value is -2.70. The third-order valence-electron chi connectivity index (χ3n) is 4.83. The molecule has 0 saturated heterocycles. The second kappa shape index (κ2) is 6.48. The van der Waals surface area contributed by atoms with E-state index in [0.29, 0.717) is 0 Å². The molecule has 0 radical (unpaired) electrons. The van der Waals surface area contributed by atoms with E-state index in [2.05, 4.69) is 35.1 Å². The van der Waals surface area contributed by atoms with Crippen molar-refractivity contribution >= 4 is 23.6 Å². The van der Waals surface area contributed by atoms with Gasteiger partial charge in [-0.3, -0.25) is 4.57 Å². The van der Waals surface area contributed by atoms with Gasteiger partial charge in [-0.1, -0.05) is 42.5 Å². The highest BCUT2D eigenvalue weighted by Gasteiger charge is 2.31. The largest absolute Gasteiger partial charge is 0.457 e. The number of fused-ring (bicyclic) bond motifs is 2. The van der Waals surface area contributed by atoms with Crippen molar-refractivity contribution in [2.45, 2.75) is 19.5 Å². The van der Waals surface area contributed by atoms with Crippen LogP contribution in [0.15, 0.2) is 66.0 Å². The normalized spacial score (nSPS) is 13.1. The van der Waals surface area contributed by atoms with Crippen molar-refractivity contribution < 1.29 is 4.74 Å². The van der Waals surface area contributed by atoms with Gasteiger partial charge >= 0.3 is 0 Å². The van der Waals surface area contributed by atoms with Gasteiger partial charge in [-0.25, -0.2) is 4.68 Å². The quantitative estimate of drug-likeness (QED) is 0.359. The highest BCUT2D eigenvalue weighted by molar-refractivity contribution is 7.71. The van der Waals surface area contributed by atoms with Gasteiger partial charge < -0.3 is 4.74 Å². The van der Waals surface area contributed by atoms with Crippen molar-refractivity contribution in [2.75, 3.05) is 0 Å². The Morgan fingerprint density at radius 3 is 2.26 bits per heavy atom. The van der Waals surface area contributed by atoms with Crippen LogP contribution in [-0.2, 0) is 6.54 Å². The van der Waals surface area contributed by atoms with Crippen LogP contribution >= 0.6 is 23.6 Å². The maximum atomic E-state index is 6.12. The van der Waals surface area contributed by atoms with Gasteiger partial charge in [0, 0.05) is 17.7 Å². The standard InChI is InChI=1S/C21H17N3OS2/c1-2-23-20(18-12-7-13-27-18)22-24(21(23)26)19-14-8-3-5-10-16(14)25-17-11-6-4-9-15(17)19/h3-13,19H,2H2,1H3. The lowest BCUT2D eigenvalue weighted by molar-refractivity contribution is 0.423. The summed E-state index contributed by atoms with van der Waals surface area (Å²) in [6.07, 6.45) is 0. The van der Waals surface area contributed by atoms with Crippen LogP contribution in [0.5, 0.6) is 11.5 Å². The Kier molecular flexibility index (Phi) is 3.95. The number of hydrogen-bond donors (Lipinski definition) is 0. The summed E-state index contributed by atoms with van der Waals surface area (Å²) in [5.41, 5.74) is 2.15. The lowest BCUT2D eigenvalue weighted by Crippen LogP contribution is -2.19. The van der Waals surface area contributed by atoms with Gasteiger partial charge in [0.25, 0.3) is 0 Å². The molecule has 0 bridgehead atoms. The molecule has 0 spiro atoms. The van der Waals surface area contributed by atoms with Crippen LogP contribution in [0, 0.1) is 4.77 Å². The number of ether oxygens (including phenoxy) is 1. The van der Waals surface area contributed by atoms with Gasteiger partial charge in [-0.2, -0.15) is 0 Å². The zero-order valence-corrected chi connectivity index (χ0v) is 16.3. The van der Waals surface area contributed by atoms with Gasteiger partial charge in [-0.15, -0.1) is 16.4 Å². The summed E-state index contributed by atoms with van der Waals surface area (Å²) in [5, 5.41) is 7.04. The Labute approximate surface area is 166 Å². The van der Waals surface area contributed by atoms with Gasteiger partial charge in [0.15, 0.2) is 10.6 Å². The second-order valence-electron chi connectivity index (χ2n) is 6.35. The molecule has 0 atom stereocenters. The fourth-order valence-electron chi connectivity index (χ4n) is 3.60. The fraction of sp³-hybridized carbons (Fsp3) is 0.143. The van der Waals surface area contributed by atoms with E-state index in [1.807, 2.05) is 47.1 Å². The summed E-state index contributed by atoms with van der Waals surface area (Å²) >= 11 is 7.53. The van der Waals surface area contributed by atoms with Crippen LogP contribution in [0.25, 0.3) is 10.7 Å². The first-order valence-electron chi connectivity index (χ1n) is 8.87. The third-order valence-corrected chi connectivity index (χ3v) is 6.11. The predicted molar refractivity (Wildman–Crippen MR) is 110 cm³/mol. The van der Waals surface area contributed by atoms with Crippen LogP contribution in [0.1, 0.15) is 24.1 Å². The van der Waals surface area contributed by atoms with Gasteiger partial charge in [-0.05, 0) is 42.7 Å². The van der Waals surface area contributed by atoms with Crippen LogP contribution in [0.3, 0.4) is 0 Å². The van der Waals surface area contributed by atoms with E-state index in [9.17, 15) is 0 Å². The van der Waals surface area contributed by atoms with Crippen LogP contribution in [-0.4, -0.2) is 14.3 Å².